The average Bonchev–Trinajstić information content (AvgIpc) is 1.60. The van der Waals surface area contributed by atoms with Crippen LogP contribution in [0.25, 0.3) is 0 Å². The molecule has 10 heavy (non-hydrogen) atoms. The van der Waals surface area contributed by atoms with Crippen molar-refractivity contribution in [2.75, 3.05) is 0 Å². The van der Waals surface area contributed by atoms with Crippen molar-refractivity contribution in [3.05, 3.63) is 0 Å². The summed E-state index contributed by atoms with van der Waals surface area (Å²) in [4.78, 5) is 11.1. The SMILES string of the molecule is C[Si](C)(C)C(=O)CC(N)O. The highest BCUT2D eigenvalue weighted by atomic mass is 28.3. The Labute approximate surface area is 62.2 Å². The van der Waals surface area contributed by atoms with Crippen molar-refractivity contribution in [1.82, 2.24) is 0 Å². The zero-order valence-electron chi connectivity index (χ0n) is 6.72. The van der Waals surface area contributed by atoms with Crippen molar-refractivity contribution in [2.45, 2.75) is 32.3 Å². The van der Waals surface area contributed by atoms with Gasteiger partial charge in [-0.15, -0.1) is 0 Å². The third-order valence-corrected chi connectivity index (χ3v) is 3.11. The van der Waals surface area contributed by atoms with Gasteiger partial charge in [0.25, 0.3) is 0 Å². The summed E-state index contributed by atoms with van der Waals surface area (Å²) in [5.41, 5.74) is 5.05. The fourth-order valence-corrected chi connectivity index (χ4v) is 1.32. The van der Waals surface area contributed by atoms with E-state index in [1.54, 1.807) is 0 Å². The van der Waals surface area contributed by atoms with Crippen molar-refractivity contribution in [2.24, 2.45) is 5.73 Å². The lowest BCUT2D eigenvalue weighted by molar-refractivity contribution is -0.114. The van der Waals surface area contributed by atoms with Crippen molar-refractivity contribution < 1.29 is 9.90 Å². The van der Waals surface area contributed by atoms with Gasteiger partial charge in [-0.2, -0.15) is 0 Å². The summed E-state index contributed by atoms with van der Waals surface area (Å²) in [6.45, 7) is 5.83. The second-order valence-corrected chi connectivity index (χ2v) is 8.50. The van der Waals surface area contributed by atoms with Gasteiger partial charge in [-0.25, -0.2) is 0 Å². The van der Waals surface area contributed by atoms with E-state index in [2.05, 4.69) is 0 Å². The average molecular weight is 161 g/mol. The maximum Gasteiger partial charge on any atom is 0.124 e. The molecule has 0 aliphatic heterocycles. The van der Waals surface area contributed by atoms with Gasteiger partial charge in [0.1, 0.15) is 19.7 Å². The molecular formula is C6H15NO2Si. The highest BCUT2D eigenvalue weighted by Crippen LogP contribution is 2.05. The second-order valence-electron chi connectivity index (χ2n) is 3.44. The minimum atomic E-state index is -1.70. The molecule has 1 unspecified atom stereocenters. The van der Waals surface area contributed by atoms with Gasteiger partial charge in [0.15, 0.2) is 0 Å². The smallest absolute Gasteiger partial charge is 0.124 e. The number of hydrogen-bond donors (Lipinski definition) is 2. The van der Waals surface area contributed by atoms with Gasteiger partial charge >= 0.3 is 0 Å². The first-order chi connectivity index (χ1) is 4.34. The predicted octanol–water partition coefficient (Wildman–Crippen LogP) is 0.100. The van der Waals surface area contributed by atoms with Crippen LogP contribution < -0.4 is 5.73 Å². The Morgan fingerprint density at radius 2 is 2.00 bits per heavy atom. The fraction of sp³-hybridized carbons (Fsp3) is 0.833. The quantitative estimate of drug-likeness (QED) is 0.456. The summed E-state index contributed by atoms with van der Waals surface area (Å²) in [5.74, 6) is 0. The topological polar surface area (TPSA) is 63.3 Å². The lowest BCUT2D eigenvalue weighted by atomic mass is 10.4. The molecule has 0 heterocycles. The van der Waals surface area contributed by atoms with E-state index in [4.69, 9.17) is 10.8 Å². The number of aliphatic hydroxyl groups excluding tert-OH is 1. The van der Waals surface area contributed by atoms with E-state index in [-0.39, 0.29) is 11.8 Å². The minimum Gasteiger partial charge on any atom is -0.378 e. The molecule has 3 nitrogen and oxygen atoms in total. The minimum absolute atomic E-state index is 0.107. The lowest BCUT2D eigenvalue weighted by Gasteiger charge is -2.14. The molecule has 0 saturated carbocycles. The number of carbonyl (C=O) groups is 1. The molecule has 0 aromatic heterocycles. The van der Waals surface area contributed by atoms with Crippen LogP contribution in [0.2, 0.25) is 19.6 Å². The normalized spacial score (nSPS) is 14.9. The van der Waals surface area contributed by atoms with Crippen LogP contribution in [-0.2, 0) is 4.79 Å². The highest BCUT2D eigenvalue weighted by molar-refractivity contribution is 7.03. The second kappa shape index (κ2) is 3.27. The molecule has 0 aromatic carbocycles. The van der Waals surface area contributed by atoms with E-state index in [0.717, 1.165) is 0 Å². The molecule has 4 heteroatoms. The maximum atomic E-state index is 11.1. The van der Waals surface area contributed by atoms with E-state index in [1.807, 2.05) is 19.6 Å². The molecular weight excluding hydrogens is 146 g/mol. The first kappa shape index (κ1) is 9.81. The van der Waals surface area contributed by atoms with Gasteiger partial charge in [-0.1, -0.05) is 19.6 Å². The Kier molecular flexibility index (Phi) is 3.21. The first-order valence-electron chi connectivity index (χ1n) is 3.31. The summed E-state index contributed by atoms with van der Waals surface area (Å²) in [6.07, 6.45) is -0.866. The highest BCUT2D eigenvalue weighted by Gasteiger charge is 2.24. The zero-order chi connectivity index (χ0) is 8.36. The zero-order valence-corrected chi connectivity index (χ0v) is 7.72. The summed E-state index contributed by atoms with van der Waals surface area (Å²) < 4.78 is 0. The summed E-state index contributed by atoms with van der Waals surface area (Å²) in [6, 6.07) is 0. The van der Waals surface area contributed by atoms with E-state index < -0.39 is 14.3 Å². The Hall–Kier alpha value is -0.193. The van der Waals surface area contributed by atoms with Crippen molar-refractivity contribution >= 4 is 13.5 Å². The van der Waals surface area contributed by atoms with Crippen LogP contribution in [0.5, 0.6) is 0 Å². The molecule has 0 radical (unpaired) electrons. The van der Waals surface area contributed by atoms with Crippen LogP contribution in [0.3, 0.4) is 0 Å². The number of aliphatic hydroxyl groups is 1. The summed E-state index contributed by atoms with van der Waals surface area (Å²) in [5, 5.41) is 8.79. The molecule has 0 bridgehead atoms. The molecule has 0 saturated heterocycles. The van der Waals surface area contributed by atoms with E-state index >= 15 is 0 Å². The summed E-state index contributed by atoms with van der Waals surface area (Å²) in [7, 11) is -1.70. The molecule has 0 aliphatic rings. The molecule has 0 aliphatic carbocycles. The van der Waals surface area contributed by atoms with Crippen molar-refractivity contribution in [1.29, 1.82) is 0 Å². The Bertz CT molecular complexity index is 128. The van der Waals surface area contributed by atoms with Gasteiger partial charge in [0.2, 0.25) is 0 Å². The molecule has 60 valence electrons. The molecule has 3 N–H and O–H groups in total. The van der Waals surface area contributed by atoms with Crippen LogP contribution in [0.15, 0.2) is 0 Å². The van der Waals surface area contributed by atoms with E-state index in [1.165, 1.54) is 0 Å². The molecule has 1 atom stereocenters. The number of rotatable bonds is 3. The van der Waals surface area contributed by atoms with Crippen molar-refractivity contribution in [3.63, 3.8) is 0 Å². The molecule has 0 fully saturated rings. The Balaban J connectivity index is 3.87. The molecule has 0 rings (SSSR count). The van der Waals surface area contributed by atoms with Crippen LogP contribution in [0.1, 0.15) is 6.42 Å². The van der Waals surface area contributed by atoms with Gasteiger partial charge < -0.3 is 15.6 Å². The largest absolute Gasteiger partial charge is 0.378 e. The van der Waals surface area contributed by atoms with Crippen molar-refractivity contribution in [3.8, 4) is 0 Å². The number of nitrogens with two attached hydrogens (primary N) is 1. The number of hydrogen-bond acceptors (Lipinski definition) is 3. The van der Waals surface area contributed by atoms with Gasteiger partial charge in [-0.05, 0) is 0 Å². The van der Waals surface area contributed by atoms with Crippen LogP contribution in [0, 0.1) is 0 Å². The van der Waals surface area contributed by atoms with E-state index in [0.29, 0.717) is 0 Å². The van der Waals surface area contributed by atoms with Crippen LogP contribution >= 0.6 is 0 Å². The number of carbonyl (C=O) groups excluding carboxylic acids is 1. The Morgan fingerprint density at radius 1 is 1.60 bits per heavy atom. The molecule has 0 amide bonds. The first-order valence-corrected chi connectivity index (χ1v) is 6.81. The molecule has 0 aromatic rings. The monoisotopic (exact) mass is 161 g/mol. The lowest BCUT2D eigenvalue weighted by Crippen LogP contribution is -2.37. The third kappa shape index (κ3) is 3.76. The van der Waals surface area contributed by atoms with Crippen LogP contribution in [-0.4, -0.2) is 24.8 Å². The molecule has 0 spiro atoms. The standard InChI is InChI=1S/C6H15NO2Si/c1-10(2,3)6(9)4-5(7)8/h5,8H,4,7H2,1-3H3. The Morgan fingerprint density at radius 3 is 2.10 bits per heavy atom. The maximum absolute atomic E-state index is 11.1. The third-order valence-electron chi connectivity index (χ3n) is 1.23. The van der Waals surface area contributed by atoms with Gasteiger partial charge in [-0.3, -0.25) is 0 Å². The fourth-order valence-electron chi connectivity index (χ4n) is 0.496. The van der Waals surface area contributed by atoms with Gasteiger partial charge in [0, 0.05) is 6.42 Å². The van der Waals surface area contributed by atoms with Crippen LogP contribution in [0.4, 0.5) is 0 Å². The van der Waals surface area contributed by atoms with Gasteiger partial charge in [0.05, 0.1) is 0 Å². The van der Waals surface area contributed by atoms with E-state index in [9.17, 15) is 4.79 Å². The predicted molar refractivity (Wildman–Crippen MR) is 43.2 cm³/mol. The summed E-state index contributed by atoms with van der Waals surface area (Å²) >= 11 is 0.